The molecule has 0 aliphatic carbocycles. The number of pyridine rings is 1. The number of carbonyl (C=O) groups excluding carboxylic acids is 2. The first-order valence-corrected chi connectivity index (χ1v) is 11.8. The molecule has 2 aromatic rings. The van der Waals surface area contributed by atoms with Crippen LogP contribution >= 0.6 is 0 Å². The van der Waals surface area contributed by atoms with Crippen molar-refractivity contribution in [2.45, 2.75) is 31.4 Å². The first-order chi connectivity index (χ1) is 14.8. The van der Waals surface area contributed by atoms with Crippen molar-refractivity contribution >= 4 is 32.7 Å². The second kappa shape index (κ2) is 9.86. The Labute approximate surface area is 181 Å². The van der Waals surface area contributed by atoms with Crippen LogP contribution < -0.4 is 5.32 Å². The third-order valence-corrected chi connectivity index (χ3v) is 7.31. The van der Waals surface area contributed by atoms with Gasteiger partial charge in [0, 0.05) is 43.5 Å². The maximum atomic E-state index is 12.6. The highest BCUT2D eigenvalue weighted by molar-refractivity contribution is 7.94. The van der Waals surface area contributed by atoms with Gasteiger partial charge in [0.05, 0.1) is 17.0 Å². The van der Waals surface area contributed by atoms with Gasteiger partial charge in [0.15, 0.2) is 15.5 Å². The predicted octanol–water partition coefficient (Wildman–Crippen LogP) is 1.82. The number of H-pyrrole nitrogens is 1. The number of rotatable bonds is 8. The summed E-state index contributed by atoms with van der Waals surface area (Å²) in [6.45, 7) is 6.39. The van der Waals surface area contributed by atoms with Crippen LogP contribution in [0.2, 0.25) is 0 Å². The molecule has 166 valence electrons. The highest BCUT2D eigenvalue weighted by Crippen LogP contribution is 2.19. The molecule has 1 aliphatic rings. The van der Waals surface area contributed by atoms with E-state index in [9.17, 15) is 18.0 Å². The number of nitrogens with one attached hydrogen (secondary N) is 2. The molecule has 1 aliphatic heterocycles. The van der Waals surface area contributed by atoms with Gasteiger partial charge >= 0.3 is 0 Å². The van der Waals surface area contributed by atoms with Gasteiger partial charge in [-0.05, 0) is 31.2 Å². The Morgan fingerprint density at radius 2 is 2.23 bits per heavy atom. The van der Waals surface area contributed by atoms with Crippen LogP contribution in [0.5, 0.6) is 0 Å². The summed E-state index contributed by atoms with van der Waals surface area (Å²) in [6, 6.07) is 1.70. The Hall–Kier alpha value is -3.01. The zero-order valence-electron chi connectivity index (χ0n) is 17.5. The van der Waals surface area contributed by atoms with Crippen molar-refractivity contribution in [3.63, 3.8) is 0 Å². The van der Waals surface area contributed by atoms with Gasteiger partial charge in [-0.15, -0.1) is 6.58 Å². The van der Waals surface area contributed by atoms with Crippen molar-refractivity contribution in [1.29, 1.82) is 0 Å². The third-order valence-electron chi connectivity index (χ3n) is 5.42. The number of aromatic nitrogens is 3. The van der Waals surface area contributed by atoms with E-state index in [-0.39, 0.29) is 24.3 Å². The molecular formula is C21H27N5O4S. The zero-order chi connectivity index (χ0) is 22.4. The number of hydrogen-bond donors (Lipinski definition) is 2. The number of amides is 2. The van der Waals surface area contributed by atoms with Gasteiger partial charge in [0.25, 0.3) is 5.91 Å². The quantitative estimate of drug-likeness (QED) is 0.597. The molecule has 0 saturated carbocycles. The number of sulfone groups is 1. The van der Waals surface area contributed by atoms with Crippen molar-refractivity contribution < 1.29 is 18.0 Å². The molecule has 0 radical (unpaired) electrons. The summed E-state index contributed by atoms with van der Waals surface area (Å²) in [6.07, 6.45) is 8.00. The minimum absolute atomic E-state index is 0.103. The van der Waals surface area contributed by atoms with E-state index >= 15 is 0 Å². The molecule has 1 saturated heterocycles. The van der Waals surface area contributed by atoms with Crippen LogP contribution in [-0.2, 0) is 14.6 Å². The summed E-state index contributed by atoms with van der Waals surface area (Å²) in [7, 11) is -3.46. The molecule has 2 aromatic heterocycles. The Kier molecular flexibility index (Phi) is 7.21. The predicted molar refractivity (Wildman–Crippen MR) is 118 cm³/mol. The van der Waals surface area contributed by atoms with Crippen molar-refractivity contribution in [3.05, 3.63) is 48.2 Å². The van der Waals surface area contributed by atoms with E-state index in [0.717, 1.165) is 5.39 Å². The lowest BCUT2D eigenvalue weighted by Crippen LogP contribution is -2.43. The molecule has 2 N–H and O–H groups in total. The summed E-state index contributed by atoms with van der Waals surface area (Å²) in [5.74, 6) is -0.500. The molecule has 3 heterocycles. The normalized spacial score (nSPS) is 18.2. The molecule has 0 aromatic carbocycles. The fourth-order valence-electron chi connectivity index (χ4n) is 3.52. The largest absolute Gasteiger partial charge is 0.351 e. The van der Waals surface area contributed by atoms with Gasteiger partial charge in [-0.1, -0.05) is 12.2 Å². The van der Waals surface area contributed by atoms with Gasteiger partial charge in [0.1, 0.15) is 0 Å². The Morgan fingerprint density at radius 1 is 1.42 bits per heavy atom. The minimum Gasteiger partial charge on any atom is -0.351 e. The average molecular weight is 446 g/mol. The number of piperidine rings is 1. The molecule has 31 heavy (non-hydrogen) atoms. The SMILES string of the molecule is C=CC(C/C=C/S(=O)(=O)C1CCCN(C(C)=O)C1)CNC(=O)c1cnc2[nH]ncc2c1. The molecule has 1 fully saturated rings. The number of nitrogens with zero attached hydrogens (tertiary/aromatic N) is 3. The number of allylic oxidation sites excluding steroid dienone is 1. The fourth-order valence-corrected chi connectivity index (χ4v) is 5.00. The minimum atomic E-state index is -3.46. The Balaban J connectivity index is 1.53. The van der Waals surface area contributed by atoms with E-state index in [2.05, 4.69) is 27.1 Å². The van der Waals surface area contributed by atoms with E-state index in [1.807, 2.05) is 0 Å². The van der Waals surface area contributed by atoms with Crippen molar-refractivity contribution in [3.8, 4) is 0 Å². The maximum absolute atomic E-state index is 12.6. The molecule has 10 heteroatoms. The van der Waals surface area contributed by atoms with E-state index < -0.39 is 15.1 Å². The second-order valence-corrected chi connectivity index (χ2v) is 9.78. The zero-order valence-corrected chi connectivity index (χ0v) is 18.3. The molecule has 2 atom stereocenters. The summed E-state index contributed by atoms with van der Waals surface area (Å²) < 4.78 is 25.2. The average Bonchev–Trinajstić information content (AvgIpc) is 3.23. The lowest BCUT2D eigenvalue weighted by Gasteiger charge is -2.31. The van der Waals surface area contributed by atoms with Crippen LogP contribution in [-0.4, -0.2) is 65.2 Å². The number of carbonyl (C=O) groups is 2. The number of fused-ring (bicyclic) bond motifs is 1. The van der Waals surface area contributed by atoms with E-state index in [0.29, 0.717) is 43.6 Å². The lowest BCUT2D eigenvalue weighted by molar-refractivity contribution is -0.129. The maximum Gasteiger partial charge on any atom is 0.252 e. The first-order valence-electron chi connectivity index (χ1n) is 10.2. The molecular weight excluding hydrogens is 418 g/mol. The highest BCUT2D eigenvalue weighted by Gasteiger charge is 2.30. The van der Waals surface area contributed by atoms with Crippen LogP contribution in [0.15, 0.2) is 42.6 Å². The molecule has 2 unspecified atom stereocenters. The first kappa shape index (κ1) is 22.7. The van der Waals surface area contributed by atoms with Crippen molar-refractivity contribution in [2.24, 2.45) is 5.92 Å². The standard InChI is InChI=1S/C21H27N5O4S/c1-3-16(11-23-21(28)18-10-17-13-24-25-20(17)22-12-18)6-5-9-31(29,30)19-7-4-8-26(14-19)15(2)27/h3,5,9-10,12-13,16,19H,1,4,6-8,11,14H2,2H3,(H,23,28)(H,22,24,25)/b9-5+. The van der Waals surface area contributed by atoms with Crippen molar-refractivity contribution in [1.82, 2.24) is 25.4 Å². The van der Waals surface area contributed by atoms with Crippen LogP contribution in [0.4, 0.5) is 0 Å². The van der Waals surface area contributed by atoms with Gasteiger partial charge in [0.2, 0.25) is 5.91 Å². The van der Waals surface area contributed by atoms with Crippen molar-refractivity contribution in [2.75, 3.05) is 19.6 Å². The van der Waals surface area contributed by atoms with Gasteiger partial charge in [-0.25, -0.2) is 13.4 Å². The molecule has 2 amide bonds. The summed E-state index contributed by atoms with van der Waals surface area (Å²) in [5.41, 5.74) is 1.03. The molecule has 0 spiro atoms. The fraction of sp³-hybridized carbons (Fsp3) is 0.429. The van der Waals surface area contributed by atoms with Gasteiger partial charge < -0.3 is 10.2 Å². The Bertz CT molecular complexity index is 1090. The number of likely N-dealkylation sites (tertiary alicyclic amines) is 1. The van der Waals surface area contributed by atoms with E-state index in [4.69, 9.17) is 0 Å². The topological polar surface area (TPSA) is 125 Å². The molecule has 3 rings (SSSR count). The smallest absolute Gasteiger partial charge is 0.252 e. The van der Waals surface area contributed by atoms with E-state index in [1.54, 1.807) is 29.3 Å². The van der Waals surface area contributed by atoms with Crippen LogP contribution in [0.25, 0.3) is 11.0 Å². The van der Waals surface area contributed by atoms with E-state index in [1.165, 1.54) is 18.5 Å². The van der Waals surface area contributed by atoms with Crippen LogP contribution in [0, 0.1) is 5.92 Å². The highest BCUT2D eigenvalue weighted by atomic mass is 32.2. The number of aromatic amines is 1. The lowest BCUT2D eigenvalue weighted by atomic mass is 10.1. The Morgan fingerprint density at radius 3 is 2.97 bits per heavy atom. The monoisotopic (exact) mass is 445 g/mol. The molecule has 9 nitrogen and oxygen atoms in total. The van der Waals surface area contributed by atoms with Crippen LogP contribution in [0.3, 0.4) is 0 Å². The second-order valence-electron chi connectivity index (χ2n) is 7.66. The van der Waals surface area contributed by atoms with Gasteiger partial charge in [-0.3, -0.25) is 14.7 Å². The number of hydrogen-bond acceptors (Lipinski definition) is 6. The van der Waals surface area contributed by atoms with Gasteiger partial charge in [-0.2, -0.15) is 5.10 Å². The summed E-state index contributed by atoms with van der Waals surface area (Å²) in [5, 5.41) is 10.8. The van der Waals surface area contributed by atoms with Crippen LogP contribution in [0.1, 0.15) is 36.5 Å². The third kappa shape index (κ3) is 5.78. The summed E-state index contributed by atoms with van der Waals surface area (Å²) in [4.78, 5) is 29.7. The molecule has 0 bridgehead atoms. The summed E-state index contributed by atoms with van der Waals surface area (Å²) >= 11 is 0.